The lowest BCUT2D eigenvalue weighted by Crippen LogP contribution is -2.55. The van der Waals surface area contributed by atoms with Gasteiger partial charge in [0.1, 0.15) is 0 Å². The van der Waals surface area contributed by atoms with Crippen LogP contribution in [0.25, 0.3) is 17.1 Å². The Balaban J connectivity index is 1.09. The fourth-order valence-corrected chi connectivity index (χ4v) is 6.76. The Morgan fingerprint density at radius 2 is 1.62 bits per heavy atom. The molecule has 8 heteroatoms. The van der Waals surface area contributed by atoms with E-state index in [1.54, 1.807) is 11.8 Å². The largest absolute Gasteiger partial charge is 0.339 e. The van der Waals surface area contributed by atoms with Crippen LogP contribution in [0.1, 0.15) is 73.9 Å². The van der Waals surface area contributed by atoms with Crippen LogP contribution < -0.4 is 0 Å². The number of aromatic nitrogens is 3. The molecule has 1 unspecified atom stereocenters. The molecule has 4 aromatic rings. The molecular weight excluding hydrogens is 579 g/mol. The van der Waals surface area contributed by atoms with Crippen molar-refractivity contribution in [3.63, 3.8) is 0 Å². The highest BCUT2D eigenvalue weighted by Gasteiger charge is 2.30. The zero-order valence-electron chi connectivity index (χ0n) is 26.8. The van der Waals surface area contributed by atoms with E-state index in [4.69, 9.17) is 0 Å². The monoisotopic (exact) mass is 623 g/mol. The highest BCUT2D eigenvalue weighted by Crippen LogP contribution is 2.29. The summed E-state index contributed by atoms with van der Waals surface area (Å²) in [5.41, 5.74) is 5.28. The molecule has 0 N–H and O–H groups in total. The molecule has 5 rings (SSSR count). The first-order valence-corrected chi connectivity index (χ1v) is 17.3. The Labute approximate surface area is 272 Å². The van der Waals surface area contributed by atoms with Crippen molar-refractivity contribution in [2.24, 2.45) is 0 Å². The summed E-state index contributed by atoms with van der Waals surface area (Å²) < 4.78 is 2.12. The topological polar surface area (TPSA) is 71.3 Å². The van der Waals surface area contributed by atoms with E-state index in [0.717, 1.165) is 52.8 Å². The van der Waals surface area contributed by atoms with Crippen LogP contribution in [0.3, 0.4) is 0 Å². The van der Waals surface area contributed by atoms with Crippen molar-refractivity contribution in [3.05, 3.63) is 95.6 Å². The second-order valence-corrected chi connectivity index (χ2v) is 13.1. The number of para-hydroxylation sites is 1. The number of carbonyl (C=O) groups is 2. The number of carbonyl (C=O) groups excluding carboxylic acids is 2. The third kappa shape index (κ3) is 8.42. The van der Waals surface area contributed by atoms with Crippen LogP contribution in [0.4, 0.5) is 0 Å². The molecule has 236 valence electrons. The fraction of sp³-hybridized carbons (Fsp3) is 0.405. The lowest BCUT2D eigenvalue weighted by Gasteiger charge is -2.40. The number of thioether (sulfide) groups is 1. The highest BCUT2D eigenvalue weighted by atomic mass is 32.2. The maximum Gasteiger partial charge on any atom is 0.254 e. The summed E-state index contributed by atoms with van der Waals surface area (Å²) in [5.74, 6) is 1.90. The second kappa shape index (κ2) is 15.9. The number of unbranched alkanes of at least 4 members (excludes halogenated alkanes) is 3. The van der Waals surface area contributed by atoms with Crippen LogP contribution in [-0.4, -0.2) is 67.8 Å². The van der Waals surface area contributed by atoms with Gasteiger partial charge in [-0.1, -0.05) is 91.7 Å². The van der Waals surface area contributed by atoms with Gasteiger partial charge in [-0.05, 0) is 69.4 Å². The Bertz CT molecular complexity index is 1540. The van der Waals surface area contributed by atoms with Crippen LogP contribution in [0.15, 0.2) is 84.0 Å². The molecule has 3 aromatic carbocycles. The molecule has 45 heavy (non-hydrogen) atoms. The molecule has 0 saturated carbocycles. The SMILES string of the molecule is CCCCCc1ccc(C(=O)N2CCN(C(=O)CCCCSc3nnc(-c4ccc(C)cc4)n3-c3ccccc3)CC2C)cc1. The van der Waals surface area contributed by atoms with Gasteiger partial charge in [0.25, 0.3) is 5.91 Å². The van der Waals surface area contributed by atoms with E-state index in [9.17, 15) is 9.59 Å². The molecule has 1 atom stereocenters. The zero-order chi connectivity index (χ0) is 31.6. The van der Waals surface area contributed by atoms with Gasteiger partial charge in [0.2, 0.25) is 5.91 Å². The van der Waals surface area contributed by atoms with Gasteiger partial charge >= 0.3 is 0 Å². The smallest absolute Gasteiger partial charge is 0.254 e. The maximum absolute atomic E-state index is 13.2. The molecular formula is C37H45N5O2S. The van der Waals surface area contributed by atoms with E-state index in [1.807, 2.05) is 47.1 Å². The predicted molar refractivity (Wildman–Crippen MR) is 183 cm³/mol. The minimum atomic E-state index is -0.0120. The number of piperazine rings is 1. The zero-order valence-corrected chi connectivity index (χ0v) is 27.6. The predicted octanol–water partition coefficient (Wildman–Crippen LogP) is 7.61. The summed E-state index contributed by atoms with van der Waals surface area (Å²) >= 11 is 1.68. The molecule has 1 aromatic heterocycles. The van der Waals surface area contributed by atoms with Crippen LogP contribution in [-0.2, 0) is 11.2 Å². The van der Waals surface area contributed by atoms with Gasteiger partial charge in [-0.15, -0.1) is 10.2 Å². The van der Waals surface area contributed by atoms with Crippen LogP contribution >= 0.6 is 11.8 Å². The lowest BCUT2D eigenvalue weighted by atomic mass is 10.0. The van der Waals surface area contributed by atoms with Gasteiger partial charge in [0, 0.05) is 54.7 Å². The van der Waals surface area contributed by atoms with E-state index in [1.165, 1.54) is 30.4 Å². The molecule has 7 nitrogen and oxygen atoms in total. The van der Waals surface area contributed by atoms with Gasteiger partial charge in [0.05, 0.1) is 0 Å². The summed E-state index contributed by atoms with van der Waals surface area (Å²) in [5, 5.41) is 9.93. The lowest BCUT2D eigenvalue weighted by molar-refractivity contribution is -0.133. The van der Waals surface area contributed by atoms with Crippen molar-refractivity contribution in [2.45, 2.75) is 76.9 Å². The standard InChI is InChI=1S/C37H45N5O2S/c1-4-5-7-12-30-18-22-32(23-19-30)36(44)41-25-24-40(27-29(41)3)34(43)15-10-11-26-45-37-39-38-35(31-20-16-28(2)17-21-31)42(37)33-13-8-6-9-14-33/h6,8-9,13-14,16-23,29H,4-5,7,10-12,15,24-27H2,1-3H3. The van der Waals surface area contributed by atoms with E-state index in [0.29, 0.717) is 26.1 Å². The number of nitrogens with zero attached hydrogens (tertiary/aromatic N) is 5. The Hall–Kier alpha value is -3.91. The van der Waals surface area contributed by atoms with E-state index < -0.39 is 0 Å². The third-order valence-corrected chi connectivity index (χ3v) is 9.50. The van der Waals surface area contributed by atoms with Crippen LogP contribution in [0.5, 0.6) is 0 Å². The highest BCUT2D eigenvalue weighted by molar-refractivity contribution is 7.99. The van der Waals surface area contributed by atoms with Gasteiger partial charge in [-0.2, -0.15) is 0 Å². The number of rotatable bonds is 13. The Morgan fingerprint density at radius 3 is 2.33 bits per heavy atom. The minimum Gasteiger partial charge on any atom is -0.339 e. The molecule has 1 aliphatic heterocycles. The minimum absolute atomic E-state index is 0.0120. The van der Waals surface area contributed by atoms with Crippen LogP contribution in [0.2, 0.25) is 0 Å². The molecule has 0 aliphatic carbocycles. The molecule has 1 aliphatic rings. The average molecular weight is 624 g/mol. The van der Waals surface area contributed by atoms with Crippen molar-refractivity contribution in [1.82, 2.24) is 24.6 Å². The first-order chi connectivity index (χ1) is 21.9. The van der Waals surface area contributed by atoms with E-state index >= 15 is 0 Å². The first kappa shape index (κ1) is 32.5. The van der Waals surface area contributed by atoms with Crippen molar-refractivity contribution in [3.8, 4) is 17.1 Å². The van der Waals surface area contributed by atoms with Crippen molar-refractivity contribution >= 4 is 23.6 Å². The number of amides is 2. The van der Waals surface area contributed by atoms with Gasteiger partial charge < -0.3 is 9.80 Å². The average Bonchev–Trinajstić information content (AvgIpc) is 3.49. The van der Waals surface area contributed by atoms with Crippen LogP contribution in [0, 0.1) is 6.92 Å². The third-order valence-electron chi connectivity index (χ3n) is 8.48. The number of hydrogen-bond donors (Lipinski definition) is 0. The van der Waals surface area contributed by atoms with Gasteiger partial charge in [0.15, 0.2) is 11.0 Å². The molecule has 0 bridgehead atoms. The second-order valence-electron chi connectivity index (χ2n) is 12.0. The Morgan fingerprint density at radius 1 is 0.867 bits per heavy atom. The molecule has 1 saturated heterocycles. The number of benzene rings is 3. The summed E-state index contributed by atoms with van der Waals surface area (Å²) in [6.07, 6.45) is 6.91. The first-order valence-electron chi connectivity index (χ1n) is 16.3. The summed E-state index contributed by atoms with van der Waals surface area (Å²) in [7, 11) is 0. The molecule has 0 spiro atoms. The molecule has 1 fully saturated rings. The van der Waals surface area contributed by atoms with Crippen molar-refractivity contribution in [2.75, 3.05) is 25.4 Å². The van der Waals surface area contributed by atoms with Gasteiger partial charge in [-0.25, -0.2) is 0 Å². The molecule has 2 amide bonds. The van der Waals surface area contributed by atoms with Crippen molar-refractivity contribution in [1.29, 1.82) is 0 Å². The van der Waals surface area contributed by atoms with Gasteiger partial charge in [-0.3, -0.25) is 14.2 Å². The summed E-state index contributed by atoms with van der Waals surface area (Å²) in [6, 6.07) is 26.6. The molecule has 2 heterocycles. The normalized spacial score (nSPS) is 15.0. The van der Waals surface area contributed by atoms with E-state index in [-0.39, 0.29) is 17.9 Å². The number of hydrogen-bond acceptors (Lipinski definition) is 5. The Kier molecular flexibility index (Phi) is 11.5. The molecule has 0 radical (unpaired) electrons. The van der Waals surface area contributed by atoms with Crippen molar-refractivity contribution < 1.29 is 9.59 Å². The van der Waals surface area contributed by atoms with E-state index in [2.05, 4.69) is 77.1 Å². The maximum atomic E-state index is 13.2. The summed E-state index contributed by atoms with van der Waals surface area (Å²) in [6.45, 7) is 8.06. The summed E-state index contributed by atoms with van der Waals surface area (Å²) in [4.78, 5) is 30.2. The number of aryl methyl sites for hydroxylation is 2. The fourth-order valence-electron chi connectivity index (χ4n) is 5.81. The quantitative estimate of drug-likeness (QED) is 0.113.